The van der Waals surface area contributed by atoms with Gasteiger partial charge in [-0.3, -0.25) is 0 Å². The maximum Gasteiger partial charge on any atom is 0.417 e. The standard InChI is InChI=1S/C13H5Cl4F3/c14-9-5-12(17)11(16)4-7(9)6-1-2-8(10(15)3-6)13(18,19)20/h1-5H. The number of hydrogen-bond donors (Lipinski definition) is 0. The summed E-state index contributed by atoms with van der Waals surface area (Å²) in [5, 5.41) is 0.382. The predicted molar refractivity (Wildman–Crippen MR) is 76.9 cm³/mol. The third kappa shape index (κ3) is 3.17. The van der Waals surface area contributed by atoms with Crippen LogP contribution in [0.4, 0.5) is 13.2 Å². The predicted octanol–water partition coefficient (Wildman–Crippen LogP) is 6.99. The maximum atomic E-state index is 12.6. The van der Waals surface area contributed by atoms with Crippen molar-refractivity contribution >= 4 is 46.4 Å². The molecule has 0 amide bonds. The van der Waals surface area contributed by atoms with Gasteiger partial charge in [0.2, 0.25) is 0 Å². The molecule has 20 heavy (non-hydrogen) atoms. The summed E-state index contributed by atoms with van der Waals surface area (Å²) in [5.41, 5.74) is -0.0256. The Morgan fingerprint density at radius 2 is 1.30 bits per heavy atom. The molecule has 0 aromatic heterocycles. The van der Waals surface area contributed by atoms with Gasteiger partial charge in [0.25, 0.3) is 0 Å². The Bertz CT molecular complexity index is 665. The van der Waals surface area contributed by atoms with Gasteiger partial charge in [-0.25, -0.2) is 0 Å². The molecule has 0 saturated heterocycles. The molecule has 2 aromatic carbocycles. The van der Waals surface area contributed by atoms with Gasteiger partial charge in [0.05, 0.1) is 20.6 Å². The van der Waals surface area contributed by atoms with Crippen molar-refractivity contribution < 1.29 is 13.2 Å². The smallest absolute Gasteiger partial charge is 0.166 e. The highest BCUT2D eigenvalue weighted by Crippen LogP contribution is 2.40. The van der Waals surface area contributed by atoms with Gasteiger partial charge in [0, 0.05) is 10.6 Å². The first-order valence-electron chi connectivity index (χ1n) is 5.22. The lowest BCUT2D eigenvalue weighted by Crippen LogP contribution is -2.05. The normalized spacial score (nSPS) is 11.8. The highest BCUT2D eigenvalue weighted by atomic mass is 35.5. The molecular formula is C13H5Cl4F3. The van der Waals surface area contributed by atoms with Crippen molar-refractivity contribution in [3.63, 3.8) is 0 Å². The fraction of sp³-hybridized carbons (Fsp3) is 0.0769. The highest BCUT2D eigenvalue weighted by Gasteiger charge is 2.33. The molecule has 0 spiro atoms. The Balaban J connectivity index is 2.55. The lowest BCUT2D eigenvalue weighted by molar-refractivity contribution is -0.137. The summed E-state index contributed by atoms with van der Waals surface area (Å²) in [4.78, 5) is 0. The average Bonchev–Trinajstić information content (AvgIpc) is 2.32. The van der Waals surface area contributed by atoms with Gasteiger partial charge in [0.1, 0.15) is 0 Å². The molecule has 0 aliphatic carbocycles. The van der Waals surface area contributed by atoms with Gasteiger partial charge >= 0.3 is 6.18 Å². The number of hydrogen-bond acceptors (Lipinski definition) is 0. The molecule has 0 fully saturated rings. The molecule has 0 N–H and O–H groups in total. The number of alkyl halides is 3. The topological polar surface area (TPSA) is 0 Å². The molecule has 2 rings (SSSR count). The van der Waals surface area contributed by atoms with Crippen LogP contribution in [0.5, 0.6) is 0 Å². The maximum absolute atomic E-state index is 12.6. The second kappa shape index (κ2) is 5.64. The molecule has 0 radical (unpaired) electrons. The minimum atomic E-state index is -4.50. The van der Waals surface area contributed by atoms with Crippen molar-refractivity contribution in [3.05, 3.63) is 56.0 Å². The van der Waals surface area contributed by atoms with Crippen LogP contribution < -0.4 is 0 Å². The van der Waals surface area contributed by atoms with E-state index in [1.165, 1.54) is 24.3 Å². The van der Waals surface area contributed by atoms with Crippen LogP contribution in [0.25, 0.3) is 11.1 Å². The summed E-state index contributed by atoms with van der Waals surface area (Å²) < 4.78 is 37.9. The van der Waals surface area contributed by atoms with Gasteiger partial charge < -0.3 is 0 Å². The van der Waals surface area contributed by atoms with E-state index in [1.807, 2.05) is 0 Å². The minimum absolute atomic E-state index is 0.252. The Morgan fingerprint density at radius 3 is 1.85 bits per heavy atom. The molecule has 0 unspecified atom stereocenters. The Morgan fingerprint density at radius 1 is 0.700 bits per heavy atom. The van der Waals surface area contributed by atoms with Crippen LogP contribution in [0.3, 0.4) is 0 Å². The van der Waals surface area contributed by atoms with E-state index < -0.39 is 16.8 Å². The first kappa shape index (κ1) is 15.8. The van der Waals surface area contributed by atoms with Crippen molar-refractivity contribution in [2.45, 2.75) is 6.18 Å². The molecule has 0 aliphatic rings. The van der Waals surface area contributed by atoms with Gasteiger partial charge in [-0.15, -0.1) is 0 Å². The van der Waals surface area contributed by atoms with E-state index >= 15 is 0 Å². The molecule has 0 heterocycles. The third-order valence-corrected chi connectivity index (χ3v) is 3.94. The van der Waals surface area contributed by atoms with Crippen LogP contribution in [0, 0.1) is 0 Å². The van der Waals surface area contributed by atoms with Crippen molar-refractivity contribution in [1.29, 1.82) is 0 Å². The van der Waals surface area contributed by atoms with E-state index in [9.17, 15) is 13.2 Å². The van der Waals surface area contributed by atoms with Crippen LogP contribution in [0.2, 0.25) is 20.1 Å². The van der Waals surface area contributed by atoms with E-state index in [1.54, 1.807) is 0 Å². The first-order valence-corrected chi connectivity index (χ1v) is 6.73. The van der Waals surface area contributed by atoms with Crippen molar-refractivity contribution in [1.82, 2.24) is 0 Å². The quantitative estimate of drug-likeness (QED) is 0.481. The monoisotopic (exact) mass is 358 g/mol. The zero-order valence-electron chi connectivity index (χ0n) is 9.53. The van der Waals surface area contributed by atoms with Crippen molar-refractivity contribution in [2.75, 3.05) is 0 Å². The summed E-state index contributed by atoms with van der Waals surface area (Å²) in [7, 11) is 0. The van der Waals surface area contributed by atoms with E-state index in [0.29, 0.717) is 11.1 Å². The summed E-state index contributed by atoms with van der Waals surface area (Å²) in [5.74, 6) is 0. The lowest BCUT2D eigenvalue weighted by atomic mass is 10.0. The highest BCUT2D eigenvalue weighted by molar-refractivity contribution is 6.44. The molecule has 2 aromatic rings. The van der Waals surface area contributed by atoms with E-state index in [2.05, 4.69) is 0 Å². The molecule has 0 saturated carbocycles. The lowest BCUT2D eigenvalue weighted by Gasteiger charge is -2.12. The molecular weight excluding hydrogens is 355 g/mol. The number of halogens is 7. The fourth-order valence-corrected chi connectivity index (χ4v) is 2.60. The summed E-state index contributed by atoms with van der Waals surface area (Å²) in [6.45, 7) is 0. The summed E-state index contributed by atoms with van der Waals surface area (Å²) in [6.07, 6.45) is -4.50. The second-order valence-electron chi connectivity index (χ2n) is 3.94. The Labute approximate surface area is 133 Å². The van der Waals surface area contributed by atoms with Gasteiger partial charge in [-0.05, 0) is 29.8 Å². The van der Waals surface area contributed by atoms with Crippen molar-refractivity contribution in [3.8, 4) is 11.1 Å². The third-order valence-electron chi connectivity index (χ3n) is 2.60. The van der Waals surface area contributed by atoms with Crippen molar-refractivity contribution in [2.24, 2.45) is 0 Å². The molecule has 0 atom stereocenters. The minimum Gasteiger partial charge on any atom is -0.166 e. The van der Waals surface area contributed by atoms with Gasteiger partial charge in [0.15, 0.2) is 0 Å². The zero-order valence-corrected chi connectivity index (χ0v) is 12.6. The van der Waals surface area contributed by atoms with E-state index in [-0.39, 0.29) is 15.1 Å². The Kier molecular flexibility index (Phi) is 4.45. The second-order valence-corrected chi connectivity index (χ2v) is 5.57. The molecule has 0 aliphatic heterocycles. The largest absolute Gasteiger partial charge is 0.417 e. The summed E-state index contributed by atoms with van der Waals surface area (Å²) in [6, 6.07) is 6.27. The molecule has 0 nitrogen and oxygen atoms in total. The number of benzene rings is 2. The zero-order chi connectivity index (χ0) is 15.1. The van der Waals surface area contributed by atoms with Gasteiger partial charge in [-0.2, -0.15) is 13.2 Å². The fourth-order valence-electron chi connectivity index (χ4n) is 1.66. The average molecular weight is 360 g/mol. The van der Waals surface area contributed by atoms with Crippen LogP contribution in [-0.2, 0) is 6.18 Å². The van der Waals surface area contributed by atoms with Crippen LogP contribution in [0.15, 0.2) is 30.3 Å². The Hall–Kier alpha value is -0.610. The van der Waals surface area contributed by atoms with E-state index in [4.69, 9.17) is 46.4 Å². The van der Waals surface area contributed by atoms with Gasteiger partial charge in [-0.1, -0.05) is 52.5 Å². The molecule has 0 bridgehead atoms. The van der Waals surface area contributed by atoms with Crippen LogP contribution in [0.1, 0.15) is 5.56 Å². The first-order chi connectivity index (χ1) is 9.20. The molecule has 7 heteroatoms. The van der Waals surface area contributed by atoms with Crippen LogP contribution >= 0.6 is 46.4 Å². The summed E-state index contributed by atoms with van der Waals surface area (Å²) >= 11 is 23.3. The SMILES string of the molecule is FC(F)(F)c1ccc(-c2cc(Cl)c(Cl)cc2Cl)cc1Cl. The molecule has 106 valence electrons. The van der Waals surface area contributed by atoms with E-state index in [0.717, 1.165) is 6.07 Å². The van der Waals surface area contributed by atoms with Crippen LogP contribution in [-0.4, -0.2) is 0 Å². The number of rotatable bonds is 1.